The van der Waals surface area contributed by atoms with E-state index in [0.717, 1.165) is 29.4 Å². The minimum Gasteiger partial charge on any atom is -0.480 e. The van der Waals surface area contributed by atoms with Gasteiger partial charge in [-0.2, -0.15) is 8.78 Å². The van der Waals surface area contributed by atoms with Crippen molar-refractivity contribution in [3.8, 4) is 0 Å². The van der Waals surface area contributed by atoms with Gasteiger partial charge in [0, 0.05) is 5.56 Å². The average molecular weight is 292 g/mol. The Labute approximate surface area is 120 Å². The van der Waals surface area contributed by atoms with Gasteiger partial charge in [-0.1, -0.05) is 30.3 Å². The molecule has 0 spiro atoms. The van der Waals surface area contributed by atoms with Crippen LogP contribution in [-0.2, 0) is 28.3 Å². The maximum atomic E-state index is 14.3. The van der Waals surface area contributed by atoms with E-state index >= 15 is 0 Å². The first kappa shape index (κ1) is 13.9. The molecule has 0 amide bonds. The summed E-state index contributed by atoms with van der Waals surface area (Å²) in [6, 6.07) is 8.59. The Bertz CT molecular complexity index is 700. The summed E-state index contributed by atoms with van der Waals surface area (Å²) in [6.45, 7) is -1.66. The Morgan fingerprint density at radius 1 is 1.19 bits per heavy atom. The van der Waals surface area contributed by atoms with E-state index in [1.807, 2.05) is 6.07 Å². The molecule has 0 heterocycles. The van der Waals surface area contributed by atoms with Gasteiger partial charge in [-0.25, -0.2) is 4.79 Å². The van der Waals surface area contributed by atoms with Gasteiger partial charge in [-0.3, -0.25) is 0 Å². The fourth-order valence-electron chi connectivity index (χ4n) is 2.91. The number of carboxylic acids is 1. The van der Waals surface area contributed by atoms with Crippen molar-refractivity contribution in [3.63, 3.8) is 0 Å². The van der Waals surface area contributed by atoms with E-state index < -0.39 is 25.1 Å². The molecule has 0 fully saturated rings. The summed E-state index contributed by atoms with van der Waals surface area (Å²) in [5, 5.41) is 9.91. The molecule has 1 aliphatic rings. The zero-order valence-electron chi connectivity index (χ0n) is 11.2. The number of halogens is 2. The topological polar surface area (TPSA) is 46.5 Å². The first-order valence-corrected chi connectivity index (χ1v) is 6.70. The zero-order valence-corrected chi connectivity index (χ0v) is 11.2. The lowest BCUT2D eigenvalue weighted by Gasteiger charge is -2.19. The molecule has 1 aliphatic carbocycles. The maximum Gasteiger partial charge on any atom is 0.329 e. The Kier molecular flexibility index (Phi) is 3.37. The summed E-state index contributed by atoms with van der Waals surface area (Å²) in [5.41, 5.74) is 2.08. The van der Waals surface area contributed by atoms with Crippen LogP contribution in [0.25, 0.3) is 10.8 Å². The van der Waals surface area contributed by atoms with Crippen molar-refractivity contribution in [2.45, 2.75) is 18.8 Å². The lowest BCUT2D eigenvalue weighted by Crippen LogP contribution is -2.23. The third-order valence-corrected chi connectivity index (χ3v) is 3.78. The Morgan fingerprint density at radius 2 is 1.90 bits per heavy atom. The highest BCUT2D eigenvalue weighted by atomic mass is 19.3. The number of carboxylic acid groups (broad SMARTS) is 1. The number of alkyl halides is 2. The minimum atomic E-state index is -3.21. The molecule has 0 radical (unpaired) electrons. The van der Waals surface area contributed by atoms with Crippen LogP contribution in [0.3, 0.4) is 0 Å². The lowest BCUT2D eigenvalue weighted by molar-refractivity contribution is -0.147. The standard InChI is InChI=1S/C16H14F2O3/c17-16(18,9-21-8-14(19)20)13-7-6-11-5-4-10-2-1-3-12(13)15(10)11/h1-3,6-7H,4-5,8-9H2,(H,19,20). The van der Waals surface area contributed by atoms with E-state index in [4.69, 9.17) is 5.11 Å². The molecule has 0 atom stereocenters. The predicted octanol–water partition coefficient (Wildman–Crippen LogP) is 3.13. The average Bonchev–Trinajstić information content (AvgIpc) is 2.84. The molecule has 3 rings (SSSR count). The van der Waals surface area contributed by atoms with Gasteiger partial charge in [-0.15, -0.1) is 0 Å². The molecule has 0 aliphatic heterocycles. The molecule has 0 saturated carbocycles. The second-order valence-electron chi connectivity index (χ2n) is 5.20. The second kappa shape index (κ2) is 5.07. The Hall–Kier alpha value is -2.01. The number of carbonyl (C=O) groups is 1. The van der Waals surface area contributed by atoms with Crippen LogP contribution >= 0.6 is 0 Å². The van der Waals surface area contributed by atoms with Crippen LogP contribution in [0, 0.1) is 0 Å². The summed E-state index contributed by atoms with van der Waals surface area (Å²) in [4.78, 5) is 10.4. The van der Waals surface area contributed by atoms with Crippen LogP contribution in [0.4, 0.5) is 8.78 Å². The Balaban J connectivity index is 1.99. The highest BCUT2D eigenvalue weighted by Gasteiger charge is 2.35. The Morgan fingerprint density at radius 3 is 2.62 bits per heavy atom. The van der Waals surface area contributed by atoms with Crippen LogP contribution in [0.2, 0.25) is 0 Å². The van der Waals surface area contributed by atoms with Gasteiger partial charge >= 0.3 is 5.97 Å². The molecule has 1 N–H and O–H groups in total. The molecule has 2 aromatic rings. The quantitative estimate of drug-likeness (QED) is 0.921. The second-order valence-corrected chi connectivity index (χ2v) is 5.20. The number of aliphatic carboxylic acids is 1. The zero-order chi connectivity index (χ0) is 15.0. The molecule has 0 saturated heterocycles. The summed E-state index contributed by atoms with van der Waals surface area (Å²) >= 11 is 0. The van der Waals surface area contributed by atoms with Gasteiger partial charge in [0.2, 0.25) is 0 Å². The smallest absolute Gasteiger partial charge is 0.329 e. The third-order valence-electron chi connectivity index (χ3n) is 3.78. The number of hydrogen-bond acceptors (Lipinski definition) is 2. The van der Waals surface area contributed by atoms with E-state index in [2.05, 4.69) is 4.74 Å². The van der Waals surface area contributed by atoms with E-state index in [0.29, 0.717) is 5.39 Å². The van der Waals surface area contributed by atoms with Gasteiger partial charge in [0.05, 0.1) is 0 Å². The van der Waals surface area contributed by atoms with Crippen molar-refractivity contribution in [2.24, 2.45) is 0 Å². The van der Waals surface area contributed by atoms with E-state index in [9.17, 15) is 13.6 Å². The highest BCUT2D eigenvalue weighted by Crippen LogP contribution is 2.39. The fraction of sp³-hybridized carbons (Fsp3) is 0.312. The number of aryl methyl sites for hydroxylation is 2. The van der Waals surface area contributed by atoms with E-state index in [1.54, 1.807) is 18.2 Å². The van der Waals surface area contributed by atoms with Crippen molar-refractivity contribution >= 4 is 16.7 Å². The number of hydrogen-bond donors (Lipinski definition) is 1. The first-order valence-electron chi connectivity index (χ1n) is 6.70. The molecule has 110 valence electrons. The molecular formula is C16H14F2O3. The van der Waals surface area contributed by atoms with Crippen molar-refractivity contribution in [1.82, 2.24) is 0 Å². The van der Waals surface area contributed by atoms with Crippen molar-refractivity contribution in [2.75, 3.05) is 13.2 Å². The van der Waals surface area contributed by atoms with Crippen LogP contribution in [0.1, 0.15) is 16.7 Å². The molecular weight excluding hydrogens is 278 g/mol. The number of ether oxygens (including phenoxy) is 1. The molecule has 21 heavy (non-hydrogen) atoms. The molecule has 0 aromatic heterocycles. The summed E-state index contributed by atoms with van der Waals surface area (Å²) in [6.07, 6.45) is 1.74. The SMILES string of the molecule is O=C(O)COCC(F)(F)c1ccc2c3c(cccc13)CC2. The molecule has 3 nitrogen and oxygen atoms in total. The number of benzene rings is 2. The van der Waals surface area contributed by atoms with E-state index in [1.165, 1.54) is 6.07 Å². The maximum absolute atomic E-state index is 14.3. The predicted molar refractivity (Wildman–Crippen MR) is 73.7 cm³/mol. The van der Waals surface area contributed by atoms with Crippen molar-refractivity contribution < 1.29 is 23.4 Å². The third kappa shape index (κ3) is 2.49. The van der Waals surface area contributed by atoms with Gasteiger partial charge in [-0.05, 0) is 34.7 Å². The van der Waals surface area contributed by atoms with Gasteiger partial charge in [0.1, 0.15) is 13.2 Å². The van der Waals surface area contributed by atoms with Crippen LogP contribution < -0.4 is 0 Å². The fourth-order valence-corrected chi connectivity index (χ4v) is 2.91. The highest BCUT2D eigenvalue weighted by molar-refractivity contribution is 5.93. The van der Waals surface area contributed by atoms with Crippen LogP contribution in [0.5, 0.6) is 0 Å². The number of rotatable bonds is 5. The molecule has 0 unspecified atom stereocenters. The lowest BCUT2D eigenvalue weighted by atomic mass is 9.96. The molecule has 2 aromatic carbocycles. The van der Waals surface area contributed by atoms with Crippen LogP contribution in [-0.4, -0.2) is 24.3 Å². The summed E-state index contributed by atoms with van der Waals surface area (Å²) in [5.74, 6) is -4.47. The van der Waals surface area contributed by atoms with Crippen LogP contribution in [0.15, 0.2) is 30.3 Å². The largest absolute Gasteiger partial charge is 0.480 e. The monoisotopic (exact) mass is 292 g/mol. The van der Waals surface area contributed by atoms with E-state index in [-0.39, 0.29) is 5.56 Å². The van der Waals surface area contributed by atoms with Gasteiger partial charge < -0.3 is 9.84 Å². The van der Waals surface area contributed by atoms with Crippen molar-refractivity contribution in [1.29, 1.82) is 0 Å². The molecule has 0 bridgehead atoms. The van der Waals surface area contributed by atoms with Gasteiger partial charge in [0.25, 0.3) is 5.92 Å². The minimum absolute atomic E-state index is 0.101. The normalized spacial score (nSPS) is 13.8. The van der Waals surface area contributed by atoms with Crippen molar-refractivity contribution in [3.05, 3.63) is 47.0 Å². The summed E-state index contributed by atoms with van der Waals surface area (Å²) in [7, 11) is 0. The van der Waals surface area contributed by atoms with Gasteiger partial charge in [0.15, 0.2) is 0 Å². The molecule has 5 heteroatoms. The first-order chi connectivity index (χ1) is 9.99. The summed E-state index contributed by atoms with van der Waals surface area (Å²) < 4.78 is 33.2.